The van der Waals surface area contributed by atoms with Crippen molar-refractivity contribution in [2.75, 3.05) is 29.9 Å². The number of nitrogens with one attached hydrogen (secondary N) is 2. The molecule has 1 aromatic carbocycles. The molecule has 28 heavy (non-hydrogen) atoms. The van der Waals surface area contributed by atoms with E-state index < -0.39 is 10.0 Å². The molecular formula is C19H23BrN4O3S. The fourth-order valence-electron chi connectivity index (χ4n) is 3.03. The van der Waals surface area contributed by atoms with Gasteiger partial charge >= 0.3 is 0 Å². The van der Waals surface area contributed by atoms with Gasteiger partial charge in [-0.25, -0.2) is 18.1 Å². The molecule has 1 aliphatic heterocycles. The molecule has 0 bridgehead atoms. The summed E-state index contributed by atoms with van der Waals surface area (Å²) in [6.07, 6.45) is 5.27. The van der Waals surface area contributed by atoms with Crippen molar-refractivity contribution in [1.82, 2.24) is 9.71 Å². The molecule has 0 saturated carbocycles. The van der Waals surface area contributed by atoms with E-state index in [-0.39, 0.29) is 23.8 Å². The van der Waals surface area contributed by atoms with Crippen LogP contribution in [0, 0.1) is 0 Å². The zero-order valence-corrected chi connectivity index (χ0v) is 17.8. The Bertz CT molecular complexity index is 913. The lowest BCUT2D eigenvalue weighted by Crippen LogP contribution is -2.30. The van der Waals surface area contributed by atoms with Crippen molar-refractivity contribution < 1.29 is 13.2 Å². The zero-order chi connectivity index (χ0) is 20.0. The number of carbonyl (C=O) groups is 1. The van der Waals surface area contributed by atoms with Gasteiger partial charge in [0.25, 0.3) is 0 Å². The van der Waals surface area contributed by atoms with Crippen LogP contribution < -0.4 is 14.9 Å². The quantitative estimate of drug-likeness (QED) is 0.653. The van der Waals surface area contributed by atoms with E-state index in [1.807, 2.05) is 12.1 Å². The summed E-state index contributed by atoms with van der Waals surface area (Å²) in [5, 5.41) is 2.75. The molecule has 1 aliphatic rings. The normalized spacial score (nSPS) is 14.7. The topological polar surface area (TPSA) is 91.4 Å². The summed E-state index contributed by atoms with van der Waals surface area (Å²) >= 11 is 3.22. The fourth-order valence-corrected chi connectivity index (χ4v) is 5.07. The first-order valence-electron chi connectivity index (χ1n) is 9.21. The van der Waals surface area contributed by atoms with E-state index in [0.717, 1.165) is 18.9 Å². The van der Waals surface area contributed by atoms with Gasteiger partial charge in [0.2, 0.25) is 15.9 Å². The monoisotopic (exact) mass is 466 g/mol. The summed E-state index contributed by atoms with van der Waals surface area (Å²) in [6, 6.07) is 10.3. The Kier molecular flexibility index (Phi) is 7.03. The van der Waals surface area contributed by atoms with Gasteiger partial charge < -0.3 is 10.2 Å². The number of pyridine rings is 1. The number of sulfonamides is 1. The zero-order valence-electron chi connectivity index (χ0n) is 15.4. The van der Waals surface area contributed by atoms with Crippen LogP contribution in [-0.4, -0.2) is 38.9 Å². The molecule has 2 heterocycles. The molecule has 2 N–H and O–H groups in total. The lowest BCUT2D eigenvalue weighted by Gasteiger charge is -2.27. The Hall–Kier alpha value is -1.97. The van der Waals surface area contributed by atoms with Gasteiger partial charge in [-0.05, 0) is 59.5 Å². The number of halogens is 1. The SMILES string of the molecule is O=C(CCNS(=O)(=O)c1ccccc1Br)Nc1ccc(N2CCCCC2)nc1. The molecule has 9 heteroatoms. The number of amides is 1. The third-order valence-corrected chi connectivity index (χ3v) is 6.96. The van der Waals surface area contributed by atoms with E-state index in [1.54, 1.807) is 24.4 Å². The highest BCUT2D eigenvalue weighted by molar-refractivity contribution is 9.10. The van der Waals surface area contributed by atoms with Crippen LogP contribution in [0.2, 0.25) is 0 Å². The number of rotatable bonds is 7. The van der Waals surface area contributed by atoms with Crippen molar-refractivity contribution in [2.45, 2.75) is 30.6 Å². The largest absolute Gasteiger partial charge is 0.357 e. The van der Waals surface area contributed by atoms with E-state index >= 15 is 0 Å². The van der Waals surface area contributed by atoms with Crippen molar-refractivity contribution in [2.24, 2.45) is 0 Å². The fraction of sp³-hybridized carbons (Fsp3) is 0.368. The van der Waals surface area contributed by atoms with Gasteiger partial charge in [-0.3, -0.25) is 4.79 Å². The van der Waals surface area contributed by atoms with E-state index in [0.29, 0.717) is 10.2 Å². The van der Waals surface area contributed by atoms with Crippen LogP contribution in [0.25, 0.3) is 0 Å². The van der Waals surface area contributed by atoms with Crippen LogP contribution >= 0.6 is 15.9 Å². The molecule has 1 amide bonds. The predicted molar refractivity (Wildman–Crippen MR) is 113 cm³/mol. The van der Waals surface area contributed by atoms with E-state index in [1.165, 1.54) is 25.3 Å². The Morgan fingerprint density at radius 2 is 1.86 bits per heavy atom. The molecule has 1 aromatic heterocycles. The average molecular weight is 467 g/mol. The molecule has 0 aliphatic carbocycles. The van der Waals surface area contributed by atoms with Crippen LogP contribution in [0.3, 0.4) is 0 Å². The highest BCUT2D eigenvalue weighted by atomic mass is 79.9. The molecule has 0 spiro atoms. The lowest BCUT2D eigenvalue weighted by atomic mass is 10.1. The standard InChI is InChI=1S/C19H23BrN4O3S/c20-16-6-2-3-7-17(16)28(26,27)22-11-10-19(25)23-15-8-9-18(21-14-15)24-12-4-1-5-13-24/h2-3,6-9,14,22H,1,4-5,10-13H2,(H,23,25). The Balaban J connectivity index is 1.48. The number of benzene rings is 1. The maximum atomic E-state index is 12.3. The Morgan fingerprint density at radius 1 is 1.11 bits per heavy atom. The van der Waals surface area contributed by atoms with Crippen LogP contribution in [0.4, 0.5) is 11.5 Å². The minimum atomic E-state index is -3.67. The first-order chi connectivity index (χ1) is 13.5. The number of aromatic nitrogens is 1. The Morgan fingerprint density at radius 3 is 2.54 bits per heavy atom. The van der Waals surface area contributed by atoms with Crippen LogP contribution in [0.5, 0.6) is 0 Å². The number of hydrogen-bond acceptors (Lipinski definition) is 5. The average Bonchev–Trinajstić information content (AvgIpc) is 2.69. The van der Waals surface area contributed by atoms with Gasteiger partial charge in [0.1, 0.15) is 5.82 Å². The number of carbonyl (C=O) groups excluding carboxylic acids is 1. The van der Waals surface area contributed by atoms with E-state index in [2.05, 4.69) is 35.9 Å². The molecule has 0 unspecified atom stereocenters. The molecule has 0 atom stereocenters. The highest BCUT2D eigenvalue weighted by Gasteiger charge is 2.17. The maximum Gasteiger partial charge on any atom is 0.241 e. The smallest absolute Gasteiger partial charge is 0.241 e. The van der Waals surface area contributed by atoms with E-state index in [4.69, 9.17) is 0 Å². The van der Waals surface area contributed by atoms with Gasteiger partial charge in [-0.15, -0.1) is 0 Å². The summed E-state index contributed by atoms with van der Waals surface area (Å²) in [6.45, 7) is 2.03. The molecule has 2 aromatic rings. The molecule has 7 nitrogen and oxygen atoms in total. The van der Waals surface area contributed by atoms with Gasteiger partial charge in [-0.1, -0.05) is 12.1 Å². The number of anilines is 2. The molecule has 150 valence electrons. The van der Waals surface area contributed by atoms with Crippen molar-refractivity contribution in [3.63, 3.8) is 0 Å². The minimum Gasteiger partial charge on any atom is -0.357 e. The predicted octanol–water partition coefficient (Wildman–Crippen LogP) is 3.14. The van der Waals surface area contributed by atoms with Crippen LogP contribution in [0.1, 0.15) is 25.7 Å². The summed E-state index contributed by atoms with van der Waals surface area (Å²) in [5.74, 6) is 0.640. The molecular weight excluding hydrogens is 444 g/mol. The van der Waals surface area contributed by atoms with Crippen molar-refractivity contribution in [3.05, 3.63) is 47.1 Å². The molecule has 1 saturated heterocycles. The molecule has 3 rings (SSSR count). The number of piperidine rings is 1. The minimum absolute atomic E-state index is 0.00872. The van der Waals surface area contributed by atoms with Gasteiger partial charge in [0.05, 0.1) is 16.8 Å². The summed E-state index contributed by atoms with van der Waals surface area (Å²) < 4.78 is 27.5. The van der Waals surface area contributed by atoms with Gasteiger partial charge in [-0.2, -0.15) is 0 Å². The number of nitrogens with zero attached hydrogens (tertiary/aromatic N) is 2. The summed E-state index contributed by atoms with van der Waals surface area (Å²) in [7, 11) is -3.67. The van der Waals surface area contributed by atoms with Crippen molar-refractivity contribution in [1.29, 1.82) is 0 Å². The molecule has 0 radical (unpaired) electrons. The third-order valence-electron chi connectivity index (χ3n) is 4.48. The highest BCUT2D eigenvalue weighted by Crippen LogP contribution is 2.21. The second-order valence-corrected chi connectivity index (χ2v) is 9.17. The summed E-state index contributed by atoms with van der Waals surface area (Å²) in [4.78, 5) is 18.9. The maximum absolute atomic E-state index is 12.3. The van der Waals surface area contributed by atoms with Crippen molar-refractivity contribution in [3.8, 4) is 0 Å². The lowest BCUT2D eigenvalue weighted by molar-refractivity contribution is -0.116. The van der Waals surface area contributed by atoms with E-state index in [9.17, 15) is 13.2 Å². The van der Waals surface area contributed by atoms with Gasteiger partial charge in [0, 0.05) is 30.5 Å². The number of hydrogen-bond donors (Lipinski definition) is 2. The van der Waals surface area contributed by atoms with Crippen LogP contribution in [0.15, 0.2) is 52.0 Å². The van der Waals surface area contributed by atoms with Crippen molar-refractivity contribution >= 4 is 43.4 Å². The first kappa shape index (κ1) is 20.8. The van der Waals surface area contributed by atoms with Crippen LogP contribution in [-0.2, 0) is 14.8 Å². The molecule has 1 fully saturated rings. The second-order valence-electron chi connectivity index (χ2n) is 6.58. The van der Waals surface area contributed by atoms with Gasteiger partial charge in [0.15, 0.2) is 0 Å². The first-order valence-corrected chi connectivity index (χ1v) is 11.5. The summed E-state index contributed by atoms with van der Waals surface area (Å²) in [5.41, 5.74) is 0.597. The second kappa shape index (κ2) is 9.49. The Labute approximate surface area is 173 Å². The third kappa shape index (κ3) is 5.52.